The van der Waals surface area contributed by atoms with Crippen molar-refractivity contribution >= 4 is 17.5 Å². The minimum absolute atomic E-state index is 0.289. The number of thioether (sulfide) groups is 1. The molecule has 0 aromatic heterocycles. The quantitative estimate of drug-likeness (QED) is 0.311. The van der Waals surface area contributed by atoms with Gasteiger partial charge in [-0.1, -0.05) is 81.7 Å². The second-order valence-corrected chi connectivity index (χ2v) is 12.9. The summed E-state index contributed by atoms with van der Waals surface area (Å²) < 4.78 is 2.59. The molecule has 0 spiro atoms. The lowest BCUT2D eigenvalue weighted by atomic mass is 9.63. The van der Waals surface area contributed by atoms with Gasteiger partial charge in [-0.2, -0.15) is 4.58 Å². The maximum atomic E-state index is 2.64. The summed E-state index contributed by atoms with van der Waals surface area (Å²) in [7, 11) is 0. The monoisotopic (exact) mass is 458 g/mol. The minimum atomic E-state index is 0.289. The van der Waals surface area contributed by atoms with E-state index in [4.69, 9.17) is 0 Å². The van der Waals surface area contributed by atoms with Crippen LogP contribution in [0, 0.1) is 35.0 Å². The van der Waals surface area contributed by atoms with Crippen molar-refractivity contribution in [2.45, 2.75) is 70.3 Å². The zero-order valence-electron chi connectivity index (χ0n) is 20.8. The van der Waals surface area contributed by atoms with Crippen molar-refractivity contribution in [3.63, 3.8) is 0 Å². The van der Waals surface area contributed by atoms with Gasteiger partial charge in [-0.15, -0.1) is 11.8 Å². The molecule has 3 aliphatic heterocycles. The smallest absolute Gasteiger partial charge is 0.187 e. The van der Waals surface area contributed by atoms with Gasteiger partial charge in [0.2, 0.25) is 0 Å². The Morgan fingerprint density at radius 2 is 1.97 bits per heavy atom. The summed E-state index contributed by atoms with van der Waals surface area (Å²) in [5, 5.41) is 1.36. The molecule has 7 unspecified atom stereocenters. The Morgan fingerprint density at radius 3 is 2.76 bits per heavy atom. The van der Waals surface area contributed by atoms with Crippen LogP contribution in [-0.4, -0.2) is 27.3 Å². The summed E-state index contributed by atoms with van der Waals surface area (Å²) >= 11 is 2.33. The highest BCUT2D eigenvalue weighted by Gasteiger charge is 2.57. The summed E-state index contributed by atoms with van der Waals surface area (Å²) in [6, 6.07) is 0. The number of hydrogen-bond acceptors (Lipinski definition) is 1. The van der Waals surface area contributed by atoms with E-state index >= 15 is 0 Å². The van der Waals surface area contributed by atoms with Gasteiger partial charge in [0.15, 0.2) is 18.5 Å². The standard InChI is InChI=1S/C31H40NS/c1-5-21(6-2)24-13-15-32-19-25-10-11-26-30(29(25)27(32)17-24)33-28-18-23(12-14-31(26,28)4)22-9-7-8-20(3)16-22/h7-8,10-16,21-24,26,28,30H,5-6,9,17-19H2,1-4H3/q+1. The highest BCUT2D eigenvalue weighted by molar-refractivity contribution is 8.01. The van der Waals surface area contributed by atoms with Gasteiger partial charge < -0.3 is 0 Å². The zero-order valence-corrected chi connectivity index (χ0v) is 21.7. The number of rotatable bonds is 4. The SMILES string of the molecule is CCC(CC)C1C=C[N+]2=C(C1)C1=C(C=CC3C1SC1CC(C4C=C(C)C=CC4)C=CC13C)C2. The summed E-state index contributed by atoms with van der Waals surface area (Å²) in [6.45, 7) is 10.7. The van der Waals surface area contributed by atoms with Crippen molar-refractivity contribution in [3.8, 4) is 0 Å². The Kier molecular flexibility index (Phi) is 5.52. The van der Waals surface area contributed by atoms with Crippen molar-refractivity contribution in [2.24, 2.45) is 35.0 Å². The number of fused-ring (bicyclic) bond motifs is 5. The van der Waals surface area contributed by atoms with Crippen molar-refractivity contribution in [2.75, 3.05) is 6.54 Å². The molecule has 0 amide bonds. The highest BCUT2D eigenvalue weighted by Crippen LogP contribution is 2.61. The Morgan fingerprint density at radius 1 is 1.12 bits per heavy atom. The first kappa shape index (κ1) is 22.0. The molecule has 0 aromatic rings. The van der Waals surface area contributed by atoms with Crippen molar-refractivity contribution < 1.29 is 4.58 Å². The van der Waals surface area contributed by atoms with E-state index in [1.165, 1.54) is 37.7 Å². The average molecular weight is 459 g/mol. The van der Waals surface area contributed by atoms with Crippen LogP contribution in [-0.2, 0) is 0 Å². The lowest BCUT2D eigenvalue weighted by molar-refractivity contribution is -0.446. The van der Waals surface area contributed by atoms with Crippen molar-refractivity contribution in [1.29, 1.82) is 0 Å². The Balaban J connectivity index is 1.27. The lowest BCUT2D eigenvalue weighted by Crippen LogP contribution is -2.37. The third kappa shape index (κ3) is 3.46. The molecule has 2 heteroatoms. The van der Waals surface area contributed by atoms with Crippen LogP contribution in [0.3, 0.4) is 0 Å². The molecule has 6 rings (SSSR count). The third-order valence-electron chi connectivity index (χ3n) is 9.78. The Hall–Kier alpha value is -1.54. The molecule has 1 nitrogen and oxygen atoms in total. The van der Waals surface area contributed by atoms with Gasteiger partial charge in [0.1, 0.15) is 0 Å². The fraction of sp³-hybridized carbons (Fsp3) is 0.581. The molecule has 3 heterocycles. The summed E-state index contributed by atoms with van der Waals surface area (Å²) in [4.78, 5) is 0. The molecule has 3 aliphatic carbocycles. The van der Waals surface area contributed by atoms with Gasteiger partial charge in [0.05, 0.1) is 0 Å². The topological polar surface area (TPSA) is 3.01 Å². The molecule has 0 N–H and O–H groups in total. The predicted octanol–water partition coefficient (Wildman–Crippen LogP) is 7.49. The molecule has 33 heavy (non-hydrogen) atoms. The third-order valence-corrected chi connectivity index (χ3v) is 11.6. The van der Waals surface area contributed by atoms with Gasteiger partial charge in [-0.05, 0) is 49.5 Å². The first-order chi connectivity index (χ1) is 16.0. The number of nitrogens with zero attached hydrogens (tertiary/aromatic N) is 1. The van der Waals surface area contributed by atoms with E-state index in [2.05, 4.69) is 98.8 Å². The summed E-state index contributed by atoms with van der Waals surface area (Å²) in [5.41, 5.74) is 6.72. The van der Waals surface area contributed by atoms with E-state index in [1.807, 2.05) is 0 Å². The first-order valence-electron chi connectivity index (χ1n) is 13.4. The van der Waals surface area contributed by atoms with Gasteiger partial charge in [-0.3, -0.25) is 0 Å². The molecule has 174 valence electrons. The molecule has 0 saturated carbocycles. The number of allylic oxidation sites excluding steroid dienone is 8. The predicted molar refractivity (Wildman–Crippen MR) is 143 cm³/mol. The Labute approximate surface area is 205 Å². The van der Waals surface area contributed by atoms with E-state index in [0.717, 1.165) is 17.7 Å². The van der Waals surface area contributed by atoms with E-state index in [9.17, 15) is 0 Å². The fourth-order valence-corrected chi connectivity index (χ4v) is 9.88. The first-order valence-corrected chi connectivity index (χ1v) is 14.4. The average Bonchev–Trinajstić information content (AvgIpc) is 3.34. The van der Waals surface area contributed by atoms with Gasteiger partial charge in [-0.25, -0.2) is 0 Å². The van der Waals surface area contributed by atoms with Crippen LogP contribution in [0.15, 0.2) is 71.5 Å². The zero-order chi connectivity index (χ0) is 22.7. The Bertz CT molecular complexity index is 1040. The molecule has 0 bridgehead atoms. The van der Waals surface area contributed by atoms with Gasteiger partial charge >= 0.3 is 0 Å². The van der Waals surface area contributed by atoms with E-state index < -0.39 is 0 Å². The van der Waals surface area contributed by atoms with Crippen LogP contribution >= 0.6 is 11.8 Å². The normalized spacial score (nSPS) is 40.8. The minimum Gasteiger partial charge on any atom is -0.198 e. The van der Waals surface area contributed by atoms with Gasteiger partial charge in [0.25, 0.3) is 0 Å². The molecule has 7 atom stereocenters. The summed E-state index contributed by atoms with van der Waals surface area (Å²) in [6.07, 6.45) is 28.9. The maximum Gasteiger partial charge on any atom is 0.187 e. The van der Waals surface area contributed by atoms with E-state index in [1.54, 1.807) is 16.9 Å². The van der Waals surface area contributed by atoms with Crippen LogP contribution < -0.4 is 0 Å². The van der Waals surface area contributed by atoms with Crippen LogP contribution in [0.25, 0.3) is 0 Å². The van der Waals surface area contributed by atoms with E-state index in [-0.39, 0.29) is 5.41 Å². The van der Waals surface area contributed by atoms with Crippen LogP contribution in [0.2, 0.25) is 0 Å². The lowest BCUT2D eigenvalue weighted by Gasteiger charge is -2.40. The molecular formula is C31H40NS+. The molecular weight excluding hydrogens is 418 g/mol. The maximum absolute atomic E-state index is 2.64. The molecule has 0 aromatic carbocycles. The molecule has 6 aliphatic rings. The van der Waals surface area contributed by atoms with Crippen LogP contribution in [0.4, 0.5) is 0 Å². The number of hydrogen-bond donors (Lipinski definition) is 0. The fourth-order valence-electron chi connectivity index (χ4n) is 7.68. The largest absolute Gasteiger partial charge is 0.198 e. The van der Waals surface area contributed by atoms with Crippen LogP contribution in [0.5, 0.6) is 0 Å². The van der Waals surface area contributed by atoms with Crippen LogP contribution in [0.1, 0.15) is 59.8 Å². The molecule has 1 saturated heterocycles. The molecule has 1 fully saturated rings. The second-order valence-electron chi connectivity index (χ2n) is 11.6. The second kappa shape index (κ2) is 8.29. The molecule has 0 radical (unpaired) electrons. The summed E-state index contributed by atoms with van der Waals surface area (Å²) in [5.74, 6) is 3.54. The van der Waals surface area contributed by atoms with Gasteiger partial charge in [0, 0.05) is 39.4 Å². The van der Waals surface area contributed by atoms with Crippen molar-refractivity contribution in [3.05, 3.63) is 71.5 Å². The highest BCUT2D eigenvalue weighted by atomic mass is 32.2. The van der Waals surface area contributed by atoms with Crippen molar-refractivity contribution in [1.82, 2.24) is 0 Å². The van der Waals surface area contributed by atoms with E-state index in [0.29, 0.717) is 28.9 Å².